The van der Waals surface area contributed by atoms with Crippen LogP contribution in [-0.2, 0) is 0 Å². The average molecular weight is 247 g/mol. The molecule has 0 unspecified atom stereocenters. The minimum absolute atomic E-state index is 0.715. The molecule has 2 heteroatoms. The van der Waals surface area contributed by atoms with E-state index in [1.807, 2.05) is 30.3 Å². The van der Waals surface area contributed by atoms with E-state index in [4.69, 9.17) is 4.74 Å². The van der Waals surface area contributed by atoms with Crippen molar-refractivity contribution in [1.82, 2.24) is 5.32 Å². The number of benzene rings is 1. The minimum Gasteiger partial charge on any atom is -0.492 e. The molecule has 0 spiro atoms. The van der Waals surface area contributed by atoms with Gasteiger partial charge in [0.2, 0.25) is 0 Å². The molecule has 1 N–H and O–H groups in total. The van der Waals surface area contributed by atoms with Crippen molar-refractivity contribution < 1.29 is 4.74 Å². The zero-order chi connectivity index (χ0) is 12.6. The fourth-order valence-corrected chi connectivity index (χ4v) is 2.72. The second kappa shape index (κ2) is 7.42. The Balaban J connectivity index is 1.56. The first-order valence-electron chi connectivity index (χ1n) is 7.29. The third kappa shape index (κ3) is 4.34. The van der Waals surface area contributed by atoms with Gasteiger partial charge in [-0.25, -0.2) is 0 Å². The third-order valence-electron chi connectivity index (χ3n) is 3.97. The number of rotatable bonds is 6. The first-order valence-corrected chi connectivity index (χ1v) is 7.29. The summed E-state index contributed by atoms with van der Waals surface area (Å²) in [6.07, 6.45) is 6.82. The van der Waals surface area contributed by atoms with E-state index in [2.05, 4.69) is 12.2 Å². The molecule has 0 aromatic heterocycles. The molecular weight excluding hydrogens is 222 g/mol. The van der Waals surface area contributed by atoms with Crippen molar-refractivity contribution in [3.8, 4) is 5.75 Å². The van der Waals surface area contributed by atoms with E-state index in [0.717, 1.165) is 24.8 Å². The van der Waals surface area contributed by atoms with Gasteiger partial charge < -0.3 is 10.1 Å². The first kappa shape index (κ1) is 13.4. The van der Waals surface area contributed by atoms with Crippen molar-refractivity contribution in [3.05, 3.63) is 30.3 Å². The predicted octanol–water partition coefficient (Wildman–Crippen LogP) is 3.62. The van der Waals surface area contributed by atoms with Gasteiger partial charge in [-0.05, 0) is 43.7 Å². The highest BCUT2D eigenvalue weighted by atomic mass is 16.5. The smallest absolute Gasteiger partial charge is 0.119 e. The van der Waals surface area contributed by atoms with E-state index < -0.39 is 0 Å². The standard InChI is InChI=1S/C16H25NO/c1-2-14-8-10-15(11-9-14)17-12-13-18-16-6-4-3-5-7-16/h3-7,14-15,17H,2,8-13H2,1H3. The van der Waals surface area contributed by atoms with Gasteiger partial charge in [0.15, 0.2) is 0 Å². The van der Waals surface area contributed by atoms with E-state index in [1.54, 1.807) is 0 Å². The van der Waals surface area contributed by atoms with Crippen LogP contribution in [0.2, 0.25) is 0 Å². The summed E-state index contributed by atoms with van der Waals surface area (Å²) in [6.45, 7) is 4.03. The molecule has 100 valence electrons. The third-order valence-corrected chi connectivity index (χ3v) is 3.97. The Bertz CT molecular complexity index is 317. The van der Waals surface area contributed by atoms with Crippen molar-refractivity contribution in [2.24, 2.45) is 5.92 Å². The summed E-state index contributed by atoms with van der Waals surface area (Å²) in [5.74, 6) is 1.94. The van der Waals surface area contributed by atoms with Gasteiger partial charge in [0.1, 0.15) is 12.4 Å². The quantitative estimate of drug-likeness (QED) is 0.775. The van der Waals surface area contributed by atoms with Crippen molar-refractivity contribution >= 4 is 0 Å². The molecular formula is C16H25NO. The lowest BCUT2D eigenvalue weighted by atomic mass is 9.84. The maximum absolute atomic E-state index is 5.68. The lowest BCUT2D eigenvalue weighted by molar-refractivity contribution is 0.260. The van der Waals surface area contributed by atoms with E-state index >= 15 is 0 Å². The van der Waals surface area contributed by atoms with Crippen LogP contribution in [0, 0.1) is 5.92 Å². The topological polar surface area (TPSA) is 21.3 Å². The van der Waals surface area contributed by atoms with Crippen molar-refractivity contribution in [2.75, 3.05) is 13.2 Å². The summed E-state index contributed by atoms with van der Waals surface area (Å²) < 4.78 is 5.68. The summed E-state index contributed by atoms with van der Waals surface area (Å²) in [5, 5.41) is 3.61. The van der Waals surface area contributed by atoms with Crippen LogP contribution in [0.3, 0.4) is 0 Å². The molecule has 18 heavy (non-hydrogen) atoms. The summed E-state index contributed by atoms with van der Waals surface area (Å²) in [5.41, 5.74) is 0. The zero-order valence-electron chi connectivity index (χ0n) is 11.4. The molecule has 1 aromatic carbocycles. The SMILES string of the molecule is CCC1CCC(NCCOc2ccccc2)CC1. The molecule has 1 aromatic rings. The zero-order valence-corrected chi connectivity index (χ0v) is 11.4. The number of ether oxygens (including phenoxy) is 1. The molecule has 1 aliphatic carbocycles. The Labute approximate surface area is 111 Å². The molecule has 1 fully saturated rings. The fourth-order valence-electron chi connectivity index (χ4n) is 2.72. The van der Waals surface area contributed by atoms with Crippen LogP contribution in [0.25, 0.3) is 0 Å². The van der Waals surface area contributed by atoms with E-state index in [-0.39, 0.29) is 0 Å². The second-order valence-corrected chi connectivity index (χ2v) is 5.24. The summed E-state index contributed by atoms with van der Waals surface area (Å²) >= 11 is 0. The summed E-state index contributed by atoms with van der Waals surface area (Å²) in [7, 11) is 0. The van der Waals surface area contributed by atoms with Gasteiger partial charge in [0.25, 0.3) is 0 Å². The van der Waals surface area contributed by atoms with Gasteiger partial charge in [0, 0.05) is 12.6 Å². The van der Waals surface area contributed by atoms with Crippen LogP contribution >= 0.6 is 0 Å². The Morgan fingerprint density at radius 3 is 2.50 bits per heavy atom. The Kier molecular flexibility index (Phi) is 5.53. The molecule has 1 saturated carbocycles. The first-order chi connectivity index (χ1) is 8.88. The Morgan fingerprint density at radius 2 is 1.83 bits per heavy atom. The number of para-hydroxylation sites is 1. The monoisotopic (exact) mass is 247 g/mol. The maximum atomic E-state index is 5.68. The highest BCUT2D eigenvalue weighted by Crippen LogP contribution is 2.26. The largest absolute Gasteiger partial charge is 0.492 e. The summed E-state index contributed by atoms with van der Waals surface area (Å²) in [4.78, 5) is 0. The van der Waals surface area contributed by atoms with Gasteiger partial charge in [-0.15, -0.1) is 0 Å². The number of hydrogen-bond acceptors (Lipinski definition) is 2. The molecule has 0 saturated heterocycles. The number of hydrogen-bond donors (Lipinski definition) is 1. The second-order valence-electron chi connectivity index (χ2n) is 5.24. The van der Waals surface area contributed by atoms with Gasteiger partial charge >= 0.3 is 0 Å². The molecule has 0 bridgehead atoms. The van der Waals surface area contributed by atoms with Crippen molar-refractivity contribution in [2.45, 2.75) is 45.1 Å². The predicted molar refractivity (Wildman–Crippen MR) is 76.0 cm³/mol. The molecule has 0 amide bonds. The molecule has 0 atom stereocenters. The van der Waals surface area contributed by atoms with Gasteiger partial charge in [0.05, 0.1) is 0 Å². The van der Waals surface area contributed by atoms with Crippen molar-refractivity contribution in [1.29, 1.82) is 0 Å². The fraction of sp³-hybridized carbons (Fsp3) is 0.625. The van der Waals surface area contributed by atoms with Crippen LogP contribution in [0.4, 0.5) is 0 Å². The highest BCUT2D eigenvalue weighted by Gasteiger charge is 2.18. The summed E-state index contributed by atoms with van der Waals surface area (Å²) in [6, 6.07) is 10.8. The molecule has 0 aliphatic heterocycles. The molecule has 2 nitrogen and oxygen atoms in total. The van der Waals surface area contributed by atoms with Crippen LogP contribution < -0.4 is 10.1 Å². The Hall–Kier alpha value is -1.02. The molecule has 0 radical (unpaired) electrons. The van der Waals surface area contributed by atoms with E-state index in [0.29, 0.717) is 6.04 Å². The number of nitrogens with one attached hydrogen (secondary N) is 1. The highest BCUT2D eigenvalue weighted by molar-refractivity contribution is 5.20. The molecule has 1 aliphatic rings. The van der Waals surface area contributed by atoms with Crippen LogP contribution in [0.1, 0.15) is 39.0 Å². The average Bonchev–Trinajstić information content (AvgIpc) is 2.45. The van der Waals surface area contributed by atoms with Crippen molar-refractivity contribution in [3.63, 3.8) is 0 Å². The van der Waals surface area contributed by atoms with Gasteiger partial charge in [-0.3, -0.25) is 0 Å². The molecule has 0 heterocycles. The van der Waals surface area contributed by atoms with Gasteiger partial charge in [-0.2, -0.15) is 0 Å². The van der Waals surface area contributed by atoms with Crippen LogP contribution in [0.15, 0.2) is 30.3 Å². The van der Waals surface area contributed by atoms with E-state index in [1.165, 1.54) is 32.1 Å². The normalized spacial score (nSPS) is 23.8. The van der Waals surface area contributed by atoms with E-state index in [9.17, 15) is 0 Å². The van der Waals surface area contributed by atoms with Gasteiger partial charge in [-0.1, -0.05) is 31.5 Å². The van der Waals surface area contributed by atoms with Crippen LogP contribution in [-0.4, -0.2) is 19.2 Å². The van der Waals surface area contributed by atoms with Crippen LogP contribution in [0.5, 0.6) is 5.75 Å². The Morgan fingerprint density at radius 1 is 1.11 bits per heavy atom. The lowest BCUT2D eigenvalue weighted by Gasteiger charge is -2.28. The minimum atomic E-state index is 0.715. The molecule has 2 rings (SSSR count). The maximum Gasteiger partial charge on any atom is 0.119 e. The lowest BCUT2D eigenvalue weighted by Crippen LogP contribution is -2.35.